The van der Waals surface area contributed by atoms with Gasteiger partial charge in [-0.3, -0.25) is 9.59 Å². The van der Waals surface area contributed by atoms with E-state index in [1.165, 1.54) is 0 Å². The monoisotopic (exact) mass is 353 g/mol. The summed E-state index contributed by atoms with van der Waals surface area (Å²) in [5.74, 6) is -0.238. The summed E-state index contributed by atoms with van der Waals surface area (Å²) in [4.78, 5) is 24.5. The Hall–Kier alpha value is -2.86. The van der Waals surface area contributed by atoms with Gasteiger partial charge in [0, 0.05) is 19.3 Å². The van der Waals surface area contributed by atoms with Crippen molar-refractivity contribution in [2.75, 3.05) is 13.6 Å². The second-order valence-electron chi connectivity index (χ2n) is 6.56. The number of hydrogen-bond acceptors (Lipinski definition) is 4. The molecule has 3 aromatic rings. The molecule has 0 amide bonds. The van der Waals surface area contributed by atoms with Crippen LogP contribution in [-0.4, -0.2) is 34.1 Å². The van der Waals surface area contributed by atoms with Crippen molar-refractivity contribution in [2.24, 2.45) is 0 Å². The van der Waals surface area contributed by atoms with Crippen LogP contribution in [0.2, 0.25) is 0 Å². The highest BCUT2D eigenvalue weighted by molar-refractivity contribution is 5.97. The minimum absolute atomic E-state index is 0.142. The predicted molar refractivity (Wildman–Crippen MR) is 102 cm³/mol. The molecule has 2 N–H and O–H groups in total. The summed E-state index contributed by atoms with van der Waals surface area (Å²) >= 11 is 0. The fraction of sp³-hybridized carbons (Fsp3) is 0.300. The summed E-state index contributed by atoms with van der Waals surface area (Å²) in [5, 5.41) is 13.8. The number of pyridine rings is 1. The molecule has 0 saturated heterocycles. The maximum Gasteiger partial charge on any atom is 0.264 e. The van der Waals surface area contributed by atoms with E-state index in [0.717, 1.165) is 16.7 Å². The number of carbonyl (C=O) groups is 1. The molecule has 0 fully saturated rings. The number of aromatic hydroxyl groups is 1. The molecule has 2 heterocycles. The largest absolute Gasteiger partial charge is 0.505 e. The van der Waals surface area contributed by atoms with Crippen molar-refractivity contribution < 1.29 is 9.90 Å². The fourth-order valence-electron chi connectivity index (χ4n) is 3.43. The van der Waals surface area contributed by atoms with Crippen LogP contribution in [0.15, 0.2) is 35.3 Å². The summed E-state index contributed by atoms with van der Waals surface area (Å²) in [5.41, 5.74) is 3.44. The summed E-state index contributed by atoms with van der Waals surface area (Å²) in [7, 11) is 1.81. The van der Waals surface area contributed by atoms with E-state index in [9.17, 15) is 14.7 Å². The molecule has 3 rings (SSSR count). The molecule has 0 bridgehead atoms. The van der Waals surface area contributed by atoms with Gasteiger partial charge in [-0.25, -0.2) is 0 Å². The van der Waals surface area contributed by atoms with Gasteiger partial charge >= 0.3 is 0 Å². The minimum Gasteiger partial charge on any atom is -0.505 e. The van der Waals surface area contributed by atoms with Crippen LogP contribution in [0.3, 0.4) is 0 Å². The molecule has 0 aliphatic carbocycles. The SMILES string of the molecule is CNCCn1c(C=O)c(O)c2c(=O)n(Cc3cccc(C)c3)cc(C)c21. The van der Waals surface area contributed by atoms with E-state index in [2.05, 4.69) is 5.32 Å². The molecule has 6 heteroatoms. The summed E-state index contributed by atoms with van der Waals surface area (Å²) in [6.07, 6.45) is 2.39. The Morgan fingerprint density at radius 3 is 2.69 bits per heavy atom. The van der Waals surface area contributed by atoms with Crippen molar-refractivity contribution in [1.29, 1.82) is 0 Å². The van der Waals surface area contributed by atoms with E-state index in [-0.39, 0.29) is 22.4 Å². The van der Waals surface area contributed by atoms with Crippen LogP contribution in [0.4, 0.5) is 0 Å². The van der Waals surface area contributed by atoms with Crippen LogP contribution >= 0.6 is 0 Å². The lowest BCUT2D eigenvalue weighted by Gasteiger charge is -2.12. The van der Waals surface area contributed by atoms with Crippen LogP contribution in [0.25, 0.3) is 10.9 Å². The molecular weight excluding hydrogens is 330 g/mol. The zero-order valence-electron chi connectivity index (χ0n) is 15.2. The zero-order chi connectivity index (χ0) is 18.8. The second kappa shape index (κ2) is 7.17. The quantitative estimate of drug-likeness (QED) is 0.666. The normalized spacial score (nSPS) is 11.2. The number of rotatable bonds is 6. The smallest absolute Gasteiger partial charge is 0.264 e. The summed E-state index contributed by atoms with van der Waals surface area (Å²) in [6.45, 7) is 5.41. The first-order valence-electron chi connectivity index (χ1n) is 8.58. The van der Waals surface area contributed by atoms with Gasteiger partial charge in [0.05, 0.1) is 12.1 Å². The van der Waals surface area contributed by atoms with Gasteiger partial charge in [0.1, 0.15) is 11.1 Å². The Bertz CT molecular complexity index is 1030. The number of likely N-dealkylation sites (N-methyl/N-ethyl adjacent to an activating group) is 1. The zero-order valence-corrected chi connectivity index (χ0v) is 15.2. The Morgan fingerprint density at radius 2 is 2.04 bits per heavy atom. The second-order valence-corrected chi connectivity index (χ2v) is 6.56. The highest BCUT2D eigenvalue weighted by Gasteiger charge is 2.21. The number of aromatic nitrogens is 2. The van der Waals surface area contributed by atoms with E-state index >= 15 is 0 Å². The van der Waals surface area contributed by atoms with Crippen LogP contribution < -0.4 is 10.9 Å². The molecule has 0 unspecified atom stereocenters. The van der Waals surface area contributed by atoms with Crippen molar-refractivity contribution in [2.45, 2.75) is 26.9 Å². The minimum atomic E-state index is -0.295. The average molecular weight is 353 g/mol. The van der Waals surface area contributed by atoms with Crippen molar-refractivity contribution in [3.63, 3.8) is 0 Å². The highest BCUT2D eigenvalue weighted by Crippen LogP contribution is 2.30. The number of nitrogens with one attached hydrogen (secondary N) is 1. The molecule has 136 valence electrons. The molecular formula is C20H23N3O3. The van der Waals surface area contributed by atoms with Crippen molar-refractivity contribution in [3.05, 3.63) is 63.2 Å². The maximum absolute atomic E-state index is 13.0. The third-order valence-corrected chi connectivity index (χ3v) is 4.61. The predicted octanol–water partition coefficient (Wildman–Crippen LogP) is 2.21. The van der Waals surface area contributed by atoms with Crippen molar-refractivity contribution >= 4 is 17.2 Å². The number of benzene rings is 1. The summed E-state index contributed by atoms with van der Waals surface area (Å²) in [6, 6.07) is 7.95. The van der Waals surface area contributed by atoms with E-state index < -0.39 is 0 Å². The van der Waals surface area contributed by atoms with Gasteiger partial charge in [0.15, 0.2) is 12.0 Å². The lowest BCUT2D eigenvalue weighted by atomic mass is 10.1. The van der Waals surface area contributed by atoms with E-state index in [1.807, 2.05) is 45.2 Å². The van der Waals surface area contributed by atoms with Crippen LogP contribution in [0.5, 0.6) is 5.75 Å². The Labute approximate surface area is 151 Å². The fourth-order valence-corrected chi connectivity index (χ4v) is 3.43. The number of nitrogens with zero attached hydrogens (tertiary/aromatic N) is 2. The lowest BCUT2D eigenvalue weighted by Crippen LogP contribution is -2.22. The van der Waals surface area contributed by atoms with Crippen LogP contribution in [0, 0.1) is 13.8 Å². The van der Waals surface area contributed by atoms with Crippen molar-refractivity contribution in [3.8, 4) is 5.75 Å². The number of fused-ring (bicyclic) bond motifs is 1. The number of carbonyl (C=O) groups excluding carboxylic acids is 1. The van der Waals surface area contributed by atoms with E-state index in [1.54, 1.807) is 15.3 Å². The molecule has 6 nitrogen and oxygen atoms in total. The van der Waals surface area contributed by atoms with Gasteiger partial charge in [-0.15, -0.1) is 0 Å². The van der Waals surface area contributed by atoms with Crippen LogP contribution in [0.1, 0.15) is 27.2 Å². The molecule has 0 spiro atoms. The number of hydrogen-bond donors (Lipinski definition) is 2. The lowest BCUT2D eigenvalue weighted by molar-refractivity contribution is 0.111. The summed E-state index contributed by atoms with van der Waals surface area (Å²) < 4.78 is 3.30. The Morgan fingerprint density at radius 1 is 1.27 bits per heavy atom. The van der Waals surface area contributed by atoms with E-state index in [0.29, 0.717) is 31.4 Å². The third kappa shape index (κ3) is 3.04. The van der Waals surface area contributed by atoms with Gasteiger partial charge < -0.3 is 19.6 Å². The first kappa shape index (κ1) is 17.9. The Balaban J connectivity index is 2.20. The first-order chi connectivity index (χ1) is 12.5. The highest BCUT2D eigenvalue weighted by atomic mass is 16.3. The molecule has 0 radical (unpaired) electrons. The van der Waals surface area contributed by atoms with Gasteiger partial charge in [0.25, 0.3) is 5.56 Å². The molecule has 0 aliphatic rings. The molecule has 0 atom stereocenters. The molecule has 0 saturated carbocycles. The maximum atomic E-state index is 13.0. The molecule has 2 aromatic heterocycles. The average Bonchev–Trinajstić information content (AvgIpc) is 2.90. The van der Waals surface area contributed by atoms with E-state index in [4.69, 9.17) is 0 Å². The molecule has 1 aromatic carbocycles. The topological polar surface area (TPSA) is 76.3 Å². The van der Waals surface area contributed by atoms with Gasteiger partial charge in [-0.2, -0.15) is 0 Å². The van der Waals surface area contributed by atoms with Crippen molar-refractivity contribution in [1.82, 2.24) is 14.5 Å². The van der Waals surface area contributed by atoms with Crippen LogP contribution in [-0.2, 0) is 13.1 Å². The van der Waals surface area contributed by atoms with Gasteiger partial charge in [0.2, 0.25) is 0 Å². The molecule has 0 aliphatic heterocycles. The standard InChI is InChI=1S/C20H23N3O3/c1-13-5-4-6-15(9-13)11-22-10-14(2)18-17(20(22)26)19(25)16(12-24)23(18)8-7-21-3/h4-6,9-10,12,21,25H,7-8,11H2,1-3H3. The molecule has 26 heavy (non-hydrogen) atoms. The number of aryl methyl sites for hydroxylation is 2. The third-order valence-electron chi connectivity index (χ3n) is 4.61. The van der Waals surface area contributed by atoms with Gasteiger partial charge in [-0.05, 0) is 32.0 Å². The van der Waals surface area contributed by atoms with Gasteiger partial charge in [-0.1, -0.05) is 29.8 Å². The number of aldehydes is 1. The Kier molecular flexibility index (Phi) is 4.95. The first-order valence-corrected chi connectivity index (χ1v) is 8.58.